The standard InChI is InChI=1S/C17H15NO9S3.Na/c1-10-2-4-12(5-3-10)28(20,21)18-15-8-13(29(22,23)24)6-11-7-14(30(25,26)27)9-16(19)17(11)15;/h2-9,18-19H,1H3,(H,22,23,24)(H,25,26,27);/q;+1/p-1. The molecule has 0 aliphatic heterocycles. The van der Waals surface area contributed by atoms with Gasteiger partial charge in [0.05, 0.1) is 20.4 Å². The first-order valence-corrected chi connectivity index (χ1v) is 12.4. The Hall–Kier alpha value is -1.71. The predicted octanol–water partition coefficient (Wildman–Crippen LogP) is -1.19. The minimum Gasteiger partial charge on any atom is -0.744 e. The molecule has 160 valence electrons. The third-order valence-corrected chi connectivity index (χ3v) is 7.16. The van der Waals surface area contributed by atoms with Crippen LogP contribution in [0, 0.1) is 6.92 Å². The Morgan fingerprint density at radius 3 is 1.90 bits per heavy atom. The molecule has 0 radical (unpaired) electrons. The number of phenols is 1. The van der Waals surface area contributed by atoms with Crippen molar-refractivity contribution >= 4 is 46.7 Å². The smallest absolute Gasteiger partial charge is 0.744 e. The van der Waals surface area contributed by atoms with Crippen molar-refractivity contribution in [1.29, 1.82) is 0 Å². The van der Waals surface area contributed by atoms with Crippen molar-refractivity contribution in [2.45, 2.75) is 21.6 Å². The molecule has 0 atom stereocenters. The molecule has 0 bridgehead atoms. The normalized spacial score (nSPS) is 12.4. The minimum atomic E-state index is -5.02. The summed E-state index contributed by atoms with van der Waals surface area (Å²) >= 11 is 0. The summed E-state index contributed by atoms with van der Waals surface area (Å²) in [5.74, 6) is -0.787. The third kappa shape index (κ3) is 5.56. The number of nitrogens with one attached hydrogen (secondary N) is 1. The molecule has 0 aliphatic carbocycles. The second-order valence-electron chi connectivity index (χ2n) is 6.36. The van der Waals surface area contributed by atoms with E-state index >= 15 is 0 Å². The third-order valence-electron chi connectivity index (χ3n) is 4.14. The first-order valence-electron chi connectivity index (χ1n) is 8.02. The number of fused-ring (bicyclic) bond motifs is 1. The van der Waals surface area contributed by atoms with Crippen molar-refractivity contribution in [1.82, 2.24) is 0 Å². The van der Waals surface area contributed by atoms with Gasteiger partial charge in [0.25, 0.3) is 20.1 Å². The van der Waals surface area contributed by atoms with Crippen molar-refractivity contribution in [3.63, 3.8) is 0 Å². The van der Waals surface area contributed by atoms with Crippen LogP contribution in [0.3, 0.4) is 0 Å². The molecule has 3 N–H and O–H groups in total. The summed E-state index contributed by atoms with van der Waals surface area (Å²) in [7, 11) is -14.1. The molecule has 31 heavy (non-hydrogen) atoms. The van der Waals surface area contributed by atoms with Gasteiger partial charge >= 0.3 is 29.6 Å². The average molecular weight is 495 g/mol. The van der Waals surface area contributed by atoms with Gasteiger partial charge in [-0.25, -0.2) is 16.8 Å². The molecule has 0 unspecified atom stereocenters. The van der Waals surface area contributed by atoms with Gasteiger partial charge in [-0.2, -0.15) is 8.42 Å². The number of benzene rings is 3. The fourth-order valence-corrected chi connectivity index (χ4v) is 4.87. The maximum Gasteiger partial charge on any atom is 1.00 e. The monoisotopic (exact) mass is 495 g/mol. The Kier molecular flexibility index (Phi) is 7.15. The van der Waals surface area contributed by atoms with E-state index in [9.17, 15) is 39.5 Å². The van der Waals surface area contributed by atoms with Crippen molar-refractivity contribution < 1.29 is 69.0 Å². The largest absolute Gasteiger partial charge is 1.00 e. The number of phenolic OH excluding ortho intramolecular Hbond substituents is 1. The molecule has 3 aromatic rings. The van der Waals surface area contributed by atoms with Crippen molar-refractivity contribution in [3.8, 4) is 5.75 Å². The summed E-state index contributed by atoms with van der Waals surface area (Å²) in [4.78, 5) is -1.82. The number of aromatic hydroxyl groups is 1. The summed E-state index contributed by atoms with van der Waals surface area (Å²) < 4.78 is 94.0. The van der Waals surface area contributed by atoms with Gasteiger partial charge in [-0.1, -0.05) is 17.7 Å². The zero-order valence-corrected chi connectivity index (χ0v) is 20.5. The maximum atomic E-state index is 12.7. The number of rotatable bonds is 5. The predicted molar refractivity (Wildman–Crippen MR) is 105 cm³/mol. The Morgan fingerprint density at radius 1 is 0.839 bits per heavy atom. The van der Waals surface area contributed by atoms with Crippen LogP contribution < -0.4 is 34.3 Å². The van der Waals surface area contributed by atoms with Crippen LogP contribution in [-0.4, -0.2) is 39.5 Å². The van der Waals surface area contributed by atoms with Crippen LogP contribution in [0.25, 0.3) is 10.8 Å². The molecule has 3 aromatic carbocycles. The van der Waals surface area contributed by atoms with Crippen molar-refractivity contribution in [2.24, 2.45) is 0 Å². The van der Waals surface area contributed by atoms with Crippen LogP contribution in [0.15, 0.2) is 63.2 Å². The van der Waals surface area contributed by atoms with Crippen LogP contribution in [0.2, 0.25) is 0 Å². The molecule has 3 rings (SSSR count). The van der Waals surface area contributed by atoms with E-state index < -0.39 is 51.5 Å². The fourth-order valence-electron chi connectivity index (χ4n) is 2.73. The van der Waals surface area contributed by atoms with Crippen LogP contribution in [0.1, 0.15) is 5.56 Å². The van der Waals surface area contributed by atoms with Gasteiger partial charge in [-0.3, -0.25) is 9.27 Å². The second-order valence-corrected chi connectivity index (χ2v) is 10.8. The number of hydrogen-bond acceptors (Lipinski definition) is 8. The summed E-state index contributed by atoms with van der Waals surface area (Å²) in [5.41, 5.74) is 0.338. The molecule has 0 spiro atoms. The Balaban J connectivity index is 0.00000341. The van der Waals surface area contributed by atoms with E-state index in [0.29, 0.717) is 6.07 Å². The van der Waals surface area contributed by atoms with Gasteiger partial charge in [-0.15, -0.1) is 0 Å². The van der Waals surface area contributed by atoms with E-state index in [1.807, 2.05) is 0 Å². The van der Waals surface area contributed by atoms with Gasteiger partial charge < -0.3 is 9.66 Å². The molecule has 0 heterocycles. The first-order chi connectivity index (χ1) is 13.7. The molecule has 0 fully saturated rings. The van der Waals surface area contributed by atoms with Crippen LogP contribution in [0.4, 0.5) is 5.69 Å². The molecule has 0 amide bonds. The second kappa shape index (κ2) is 8.67. The van der Waals surface area contributed by atoms with Gasteiger partial charge in [0.2, 0.25) is 0 Å². The minimum absolute atomic E-state index is 0. The van der Waals surface area contributed by atoms with Crippen LogP contribution in [0.5, 0.6) is 5.75 Å². The molecule has 0 saturated heterocycles. The number of aryl methyl sites for hydroxylation is 1. The van der Waals surface area contributed by atoms with E-state index in [2.05, 4.69) is 4.72 Å². The van der Waals surface area contributed by atoms with Gasteiger partial charge in [0.15, 0.2) is 0 Å². The number of anilines is 1. The van der Waals surface area contributed by atoms with E-state index in [-0.39, 0.29) is 45.2 Å². The van der Waals surface area contributed by atoms with Crippen LogP contribution in [-0.2, 0) is 30.3 Å². The van der Waals surface area contributed by atoms with Gasteiger partial charge in [0.1, 0.15) is 15.9 Å². The van der Waals surface area contributed by atoms with E-state index in [0.717, 1.165) is 23.8 Å². The Morgan fingerprint density at radius 2 is 1.39 bits per heavy atom. The Bertz CT molecular complexity index is 1480. The molecular weight excluding hydrogens is 481 g/mol. The summed E-state index contributed by atoms with van der Waals surface area (Å²) in [5, 5.41) is 9.67. The quantitative estimate of drug-likeness (QED) is 0.290. The van der Waals surface area contributed by atoms with Crippen molar-refractivity contribution in [2.75, 3.05) is 4.72 Å². The molecule has 0 aliphatic rings. The SMILES string of the molecule is Cc1ccc(S(=O)(=O)Nc2cc(S(=O)(=O)O)cc3cc(S(=O)(=O)[O-])cc(O)c23)cc1.[Na+]. The summed E-state index contributed by atoms with van der Waals surface area (Å²) in [6, 6.07) is 8.59. The summed E-state index contributed by atoms with van der Waals surface area (Å²) in [6.07, 6.45) is 0. The van der Waals surface area contributed by atoms with E-state index in [4.69, 9.17) is 0 Å². The molecule has 14 heteroatoms. The number of sulfonamides is 1. The molecule has 0 aromatic heterocycles. The molecule has 10 nitrogen and oxygen atoms in total. The number of hydrogen-bond donors (Lipinski definition) is 3. The van der Waals surface area contributed by atoms with Gasteiger partial charge in [0, 0.05) is 5.39 Å². The maximum absolute atomic E-state index is 12.7. The average Bonchev–Trinajstić information content (AvgIpc) is 2.59. The zero-order chi connectivity index (χ0) is 22.5. The first kappa shape index (κ1) is 25.5. The van der Waals surface area contributed by atoms with Crippen molar-refractivity contribution in [3.05, 3.63) is 54.1 Å². The zero-order valence-electron chi connectivity index (χ0n) is 16.1. The topological polar surface area (TPSA) is 178 Å². The van der Waals surface area contributed by atoms with E-state index in [1.165, 1.54) is 24.3 Å². The van der Waals surface area contributed by atoms with E-state index in [1.54, 1.807) is 6.92 Å². The van der Waals surface area contributed by atoms with Crippen LogP contribution >= 0.6 is 0 Å². The molecular formula is C17H14NNaO9S3. The van der Waals surface area contributed by atoms with Gasteiger partial charge in [-0.05, 0) is 48.7 Å². The fraction of sp³-hybridized carbons (Fsp3) is 0.0588. The molecule has 0 saturated carbocycles. The summed E-state index contributed by atoms with van der Waals surface area (Å²) in [6.45, 7) is 1.74. The Labute approximate surface area is 200 Å².